The van der Waals surface area contributed by atoms with Crippen molar-refractivity contribution in [3.63, 3.8) is 0 Å². The van der Waals surface area contributed by atoms with Crippen LogP contribution < -0.4 is 19.9 Å². The Bertz CT molecular complexity index is 2910. The fourth-order valence-corrected chi connectivity index (χ4v) is 9.10. The van der Waals surface area contributed by atoms with Gasteiger partial charge in [-0.05, 0) is 62.4 Å². The number of aliphatic hydroxyl groups excluding tert-OH is 1. The highest BCUT2D eigenvalue weighted by Crippen LogP contribution is 2.46. The van der Waals surface area contributed by atoms with Gasteiger partial charge in [0.25, 0.3) is 5.91 Å². The molecule has 24 heteroatoms. The Kier molecular flexibility index (Phi) is 14.9. The second kappa shape index (κ2) is 20.3. The molecule has 0 aliphatic carbocycles. The van der Waals surface area contributed by atoms with Crippen molar-refractivity contribution < 1.29 is 64.1 Å². The second-order valence-electron chi connectivity index (χ2n) is 18.5. The van der Waals surface area contributed by atoms with Crippen LogP contribution in [-0.4, -0.2) is 91.7 Å². The number of rotatable bonds is 15. The number of carbonyl (C=O) groups is 3. The van der Waals surface area contributed by atoms with Crippen LogP contribution in [-0.2, 0) is 31.5 Å². The molecule has 2 aliphatic rings. The third-order valence-corrected chi connectivity index (χ3v) is 12.8. The van der Waals surface area contributed by atoms with Gasteiger partial charge < -0.3 is 34.7 Å². The van der Waals surface area contributed by atoms with E-state index in [9.17, 15) is 45.8 Å². The number of hydrogen-bond acceptors (Lipinski definition) is 12. The van der Waals surface area contributed by atoms with E-state index < -0.39 is 117 Å². The number of nitrogens with one attached hydrogen (secondary N) is 2. The van der Waals surface area contributed by atoms with Crippen molar-refractivity contribution in [1.82, 2.24) is 30.2 Å². The van der Waals surface area contributed by atoms with Gasteiger partial charge >= 0.3 is 12.4 Å². The molecule has 2 saturated heterocycles. The number of halogens is 8. The summed E-state index contributed by atoms with van der Waals surface area (Å²) in [5, 5.41) is 22.5. The summed E-state index contributed by atoms with van der Waals surface area (Å²) in [6, 6.07) is 4.72. The maximum Gasteiger partial charge on any atom is 0.420 e. The summed E-state index contributed by atoms with van der Waals surface area (Å²) in [7, 11) is 0. The second-order valence-corrected chi connectivity index (χ2v) is 19.4. The minimum atomic E-state index is -5.32. The van der Waals surface area contributed by atoms with E-state index >= 15 is 8.78 Å². The number of thiazole rings is 1. The average Bonchev–Trinajstić information content (AvgIpc) is 4.11. The number of benzene rings is 2. The van der Waals surface area contributed by atoms with Crippen LogP contribution >= 0.6 is 11.3 Å². The molecule has 3 aromatic heterocycles. The van der Waals surface area contributed by atoms with Crippen molar-refractivity contribution in [2.45, 2.75) is 90.0 Å². The molecular formula is C48H47F8N9O6S. The van der Waals surface area contributed by atoms with Crippen molar-refractivity contribution >= 4 is 40.4 Å². The number of ether oxygens (including phenoxy) is 2. The Morgan fingerprint density at radius 3 is 2.39 bits per heavy atom. The number of hydrogen-bond donors (Lipinski definition) is 3. The van der Waals surface area contributed by atoms with Crippen LogP contribution in [0, 0.1) is 28.4 Å². The summed E-state index contributed by atoms with van der Waals surface area (Å²) in [5.41, 5.74) is -6.93. The molecule has 0 saturated carbocycles. The molecule has 5 heterocycles. The number of carbonyl (C=O) groups excluding carboxylic acids is 3. The van der Waals surface area contributed by atoms with Crippen molar-refractivity contribution in [3.8, 4) is 33.6 Å². The largest absolute Gasteiger partial charge is 0.494 e. The molecule has 2 aromatic carbocycles. The van der Waals surface area contributed by atoms with E-state index in [-0.39, 0.29) is 44.0 Å². The van der Waals surface area contributed by atoms with Crippen molar-refractivity contribution in [2.75, 3.05) is 36.2 Å². The molecule has 0 spiro atoms. The number of nitrogens with zero attached hydrogens (tertiary/aromatic N) is 7. The first-order chi connectivity index (χ1) is 33.7. The number of aromatic amines is 1. The predicted octanol–water partition coefficient (Wildman–Crippen LogP) is 8.93. The number of nitriles is 1. The molecule has 0 unspecified atom stereocenters. The van der Waals surface area contributed by atoms with Crippen LogP contribution in [0.3, 0.4) is 0 Å². The molecular weight excluding hydrogens is 983 g/mol. The van der Waals surface area contributed by atoms with E-state index in [4.69, 9.17) is 14.7 Å². The van der Waals surface area contributed by atoms with Crippen LogP contribution in [0.2, 0.25) is 0 Å². The first-order valence-corrected chi connectivity index (χ1v) is 23.0. The quantitative estimate of drug-likeness (QED) is 0.0671. The molecule has 0 radical (unpaired) electrons. The van der Waals surface area contributed by atoms with Gasteiger partial charge in [-0.25, -0.2) is 13.8 Å². The van der Waals surface area contributed by atoms with Crippen LogP contribution in [0.5, 0.6) is 5.75 Å². The SMILES string of the molecule is C=C1N(c2ccc(C#N)c(C(F)(F)F)c2F)C(=O)C(C)(C)N1c1cnc(-c2ccc(OCCCCOCC(=O)N[C@H](C(=O)N3C[C@H](O)C[C@H]3c3ncc(-c4cncs4)[nH]3)C(C)(C)C)cc2C(F)(F)F)c(F)c1. The van der Waals surface area contributed by atoms with E-state index in [1.807, 2.05) is 0 Å². The third-order valence-electron chi connectivity index (χ3n) is 12.0. The zero-order valence-electron chi connectivity index (χ0n) is 39.2. The maximum absolute atomic E-state index is 15.9. The minimum Gasteiger partial charge on any atom is -0.494 e. The molecule has 7 rings (SSSR count). The van der Waals surface area contributed by atoms with Crippen molar-refractivity contribution in [2.24, 2.45) is 5.41 Å². The van der Waals surface area contributed by atoms with E-state index in [1.54, 1.807) is 38.7 Å². The molecule has 2 fully saturated rings. The lowest BCUT2D eigenvalue weighted by Gasteiger charge is -2.35. The number of amides is 3. The zero-order valence-corrected chi connectivity index (χ0v) is 40.0. The van der Waals surface area contributed by atoms with Gasteiger partial charge in [-0.1, -0.05) is 27.4 Å². The molecule has 72 heavy (non-hydrogen) atoms. The fourth-order valence-electron chi connectivity index (χ4n) is 8.51. The summed E-state index contributed by atoms with van der Waals surface area (Å²) in [5.74, 6) is -5.36. The minimum absolute atomic E-state index is 0.0341. The average molecular weight is 1030 g/mol. The Hall–Kier alpha value is -6.97. The normalized spacial score (nSPS) is 17.7. The van der Waals surface area contributed by atoms with E-state index in [1.165, 1.54) is 42.2 Å². The molecule has 3 N–H and O–H groups in total. The summed E-state index contributed by atoms with van der Waals surface area (Å²) in [6.07, 6.45) is -6.09. The number of anilines is 2. The number of alkyl halides is 6. The predicted molar refractivity (Wildman–Crippen MR) is 246 cm³/mol. The lowest BCUT2D eigenvalue weighted by atomic mass is 9.85. The first kappa shape index (κ1) is 52.8. The van der Waals surface area contributed by atoms with Gasteiger partial charge in [-0.3, -0.25) is 29.3 Å². The van der Waals surface area contributed by atoms with Crippen molar-refractivity contribution in [1.29, 1.82) is 5.26 Å². The number of unbranched alkanes of at least 4 members (excludes halogenated alkanes) is 1. The van der Waals surface area contributed by atoms with Gasteiger partial charge in [0, 0.05) is 37.4 Å². The summed E-state index contributed by atoms with van der Waals surface area (Å²) in [6.45, 7) is 11.2. The number of pyridine rings is 1. The van der Waals surface area contributed by atoms with Gasteiger partial charge in [-0.15, -0.1) is 11.3 Å². The monoisotopic (exact) mass is 1030 g/mol. The molecule has 15 nitrogen and oxygen atoms in total. The van der Waals surface area contributed by atoms with Gasteiger partial charge in [0.05, 0.1) is 75.8 Å². The highest BCUT2D eigenvalue weighted by atomic mass is 32.1. The number of imidazole rings is 1. The van der Waals surface area contributed by atoms with Gasteiger partial charge in [0.2, 0.25) is 11.8 Å². The number of β-amino-alcohol motifs (C(OH)–C–C–N with tert-alkyl or cyclic N) is 1. The molecule has 3 atom stereocenters. The summed E-state index contributed by atoms with van der Waals surface area (Å²) < 4.78 is 127. The first-order valence-electron chi connectivity index (χ1n) is 22.2. The van der Waals surface area contributed by atoms with Crippen LogP contribution in [0.4, 0.5) is 46.5 Å². The lowest BCUT2D eigenvalue weighted by molar-refractivity contribution is -0.141. The molecule has 3 amide bonds. The van der Waals surface area contributed by atoms with E-state index in [2.05, 4.69) is 31.8 Å². The standard InChI is InChI=1S/C48H47F8N9O6S/c1-25-64(34-12-9-26(18-57)38(39(34)50)48(54,55)56)44(69)46(5,6)65(25)27-15-32(49)40(59-19-27)30-11-10-29(17-31(30)47(51,52)53)71-14-8-7-13-70-23-37(67)62-41(45(2,3)4)43(68)63-22-28(66)16-35(63)42-60-20-33(61-42)36-21-58-24-72-36/h9-12,15,17,19-21,24,28,35,41,66H,1,7-8,13-14,16,22-23H2,2-6H3,(H,60,61)(H,62,67)/t28-,35+,41-/m1/s1. The Balaban J connectivity index is 0.942. The summed E-state index contributed by atoms with van der Waals surface area (Å²) in [4.78, 5) is 60.3. The number of likely N-dealkylation sites (tertiary alicyclic amines) is 1. The van der Waals surface area contributed by atoms with E-state index in [0.717, 1.165) is 34.2 Å². The Morgan fingerprint density at radius 2 is 1.75 bits per heavy atom. The third kappa shape index (κ3) is 10.8. The number of aromatic nitrogens is 4. The highest BCUT2D eigenvalue weighted by Gasteiger charge is 2.51. The summed E-state index contributed by atoms with van der Waals surface area (Å²) >= 11 is 1.41. The van der Waals surface area contributed by atoms with Crippen LogP contribution in [0.15, 0.2) is 72.9 Å². The Labute approximate surface area is 411 Å². The molecule has 2 aliphatic heterocycles. The molecule has 0 bridgehead atoms. The zero-order chi connectivity index (χ0) is 52.7. The highest BCUT2D eigenvalue weighted by molar-refractivity contribution is 7.13. The van der Waals surface area contributed by atoms with Gasteiger partial charge in [-0.2, -0.15) is 31.6 Å². The maximum atomic E-state index is 15.9. The smallest absolute Gasteiger partial charge is 0.420 e. The number of H-pyrrole nitrogens is 1. The fraction of sp³-hybridized carbons (Fsp3) is 0.396. The van der Waals surface area contributed by atoms with Crippen LogP contribution in [0.1, 0.15) is 82.4 Å². The Morgan fingerprint density at radius 1 is 1.03 bits per heavy atom. The van der Waals surface area contributed by atoms with Gasteiger partial charge in [0.1, 0.15) is 46.8 Å². The molecule has 382 valence electrons. The molecule has 5 aromatic rings. The lowest BCUT2D eigenvalue weighted by Crippen LogP contribution is -2.55. The van der Waals surface area contributed by atoms with Crippen molar-refractivity contribution in [3.05, 3.63) is 107 Å². The van der Waals surface area contributed by atoms with Crippen LogP contribution in [0.25, 0.3) is 21.8 Å². The van der Waals surface area contributed by atoms with E-state index in [0.29, 0.717) is 35.0 Å². The number of aliphatic hydroxyl groups is 1. The topological polar surface area (TPSA) is 190 Å². The van der Waals surface area contributed by atoms with Gasteiger partial charge in [0.15, 0.2) is 11.6 Å².